The van der Waals surface area contributed by atoms with Gasteiger partial charge >= 0.3 is 0 Å². The van der Waals surface area contributed by atoms with Crippen LogP contribution >= 0.6 is 11.3 Å². The number of rotatable bonds is 6. The van der Waals surface area contributed by atoms with Crippen molar-refractivity contribution in [1.82, 2.24) is 15.0 Å². The fraction of sp³-hybridized carbons (Fsp3) is 0.556. The average molecular weight is 389 g/mol. The number of amides is 1. The molecule has 1 aliphatic heterocycles. The van der Waals surface area contributed by atoms with E-state index in [9.17, 15) is 9.59 Å². The maximum absolute atomic E-state index is 12.5. The number of morpholine rings is 1. The van der Waals surface area contributed by atoms with Crippen LogP contribution in [0.25, 0.3) is 0 Å². The molecule has 1 saturated carbocycles. The summed E-state index contributed by atoms with van der Waals surface area (Å²) in [7, 11) is 0. The minimum atomic E-state index is -0.179. The molecule has 9 heteroatoms. The van der Waals surface area contributed by atoms with E-state index < -0.39 is 0 Å². The van der Waals surface area contributed by atoms with Gasteiger partial charge in [-0.1, -0.05) is 0 Å². The van der Waals surface area contributed by atoms with Gasteiger partial charge in [0.15, 0.2) is 5.13 Å². The summed E-state index contributed by atoms with van der Waals surface area (Å²) in [6, 6.07) is 0. The first-order valence-corrected chi connectivity index (χ1v) is 10.2. The molecule has 0 unspecified atom stereocenters. The average Bonchev–Trinajstić information content (AvgIpc) is 3.41. The quantitative estimate of drug-likeness (QED) is 0.782. The lowest BCUT2D eigenvalue weighted by Gasteiger charge is -2.27. The molecule has 0 atom stereocenters. The lowest BCUT2D eigenvalue weighted by atomic mass is 10.1. The van der Waals surface area contributed by atoms with Crippen LogP contribution in [0.4, 0.5) is 11.1 Å². The number of aryl methyl sites for hydroxylation is 1. The van der Waals surface area contributed by atoms with Crippen molar-refractivity contribution >= 4 is 28.3 Å². The van der Waals surface area contributed by atoms with Crippen LogP contribution in [0.2, 0.25) is 0 Å². The number of nitrogens with zero attached hydrogens (tertiary/aromatic N) is 3. The van der Waals surface area contributed by atoms with Crippen LogP contribution < -0.4 is 15.8 Å². The molecule has 3 heterocycles. The molecule has 1 saturated heterocycles. The highest BCUT2D eigenvalue weighted by Gasteiger charge is 2.26. The van der Waals surface area contributed by atoms with Crippen LogP contribution in [0.3, 0.4) is 0 Å². The van der Waals surface area contributed by atoms with Gasteiger partial charge < -0.3 is 15.0 Å². The number of carbonyl (C=O) groups is 1. The second kappa shape index (κ2) is 7.77. The first-order valence-electron chi connectivity index (χ1n) is 9.28. The molecule has 1 aliphatic carbocycles. The predicted octanol–water partition coefficient (Wildman–Crippen LogP) is 1.82. The van der Waals surface area contributed by atoms with E-state index in [1.54, 1.807) is 0 Å². The van der Waals surface area contributed by atoms with Crippen molar-refractivity contribution in [3.05, 3.63) is 32.7 Å². The summed E-state index contributed by atoms with van der Waals surface area (Å²) >= 11 is 1.45. The van der Waals surface area contributed by atoms with E-state index in [-0.39, 0.29) is 17.9 Å². The normalized spacial score (nSPS) is 17.1. The number of ether oxygens (including phenoxy) is 1. The van der Waals surface area contributed by atoms with E-state index in [1.807, 2.05) is 17.2 Å². The first-order chi connectivity index (χ1) is 13.1. The van der Waals surface area contributed by atoms with Crippen LogP contribution in [0.15, 0.2) is 10.2 Å². The minimum Gasteiger partial charge on any atom is -0.378 e. The summed E-state index contributed by atoms with van der Waals surface area (Å²) in [6.07, 6.45) is 2.95. The highest BCUT2D eigenvalue weighted by molar-refractivity contribution is 7.13. The molecule has 1 amide bonds. The maximum atomic E-state index is 12.5. The molecule has 4 rings (SSSR count). The Bertz CT molecular complexity index is 883. The summed E-state index contributed by atoms with van der Waals surface area (Å²) in [5, 5.41) is 5.47. The minimum absolute atomic E-state index is 0.136. The Hall–Kier alpha value is -2.26. The first kappa shape index (κ1) is 18.1. The van der Waals surface area contributed by atoms with E-state index in [4.69, 9.17) is 4.74 Å². The number of H-pyrrole nitrogens is 1. The molecule has 2 aromatic rings. The van der Waals surface area contributed by atoms with Crippen molar-refractivity contribution in [2.75, 3.05) is 36.5 Å². The zero-order valence-electron chi connectivity index (χ0n) is 15.3. The summed E-state index contributed by atoms with van der Waals surface area (Å²) in [5.74, 6) is 1.01. The van der Waals surface area contributed by atoms with Gasteiger partial charge in [-0.05, 0) is 26.2 Å². The Morgan fingerprint density at radius 1 is 1.37 bits per heavy atom. The van der Waals surface area contributed by atoms with Crippen molar-refractivity contribution in [2.24, 2.45) is 0 Å². The van der Waals surface area contributed by atoms with Crippen LogP contribution in [-0.4, -0.2) is 47.2 Å². The smallest absolute Gasteiger partial charge is 0.255 e. The number of carbonyl (C=O) groups excluding carboxylic acids is 1. The Kier molecular flexibility index (Phi) is 5.22. The number of nitrogens with one attached hydrogen (secondary N) is 2. The molecule has 8 nitrogen and oxygen atoms in total. The highest BCUT2D eigenvalue weighted by Crippen LogP contribution is 2.40. The standard InChI is InChI=1S/C18H23N5O3S/c1-11-13(16(25)22-17(19-11)23-6-8-26-9-7-23)4-5-15(24)21-18-20-14(10-27-18)12-2-3-12/h10,12H,2-9H2,1H3,(H,19,22,25)(H,20,21,24). The van der Waals surface area contributed by atoms with E-state index in [0.717, 1.165) is 5.69 Å². The van der Waals surface area contributed by atoms with Crippen LogP contribution in [-0.2, 0) is 16.0 Å². The Balaban J connectivity index is 1.36. The molecule has 2 fully saturated rings. The van der Waals surface area contributed by atoms with Gasteiger partial charge in [0.1, 0.15) is 0 Å². The maximum Gasteiger partial charge on any atom is 0.255 e. The van der Waals surface area contributed by atoms with Crippen LogP contribution in [0.1, 0.15) is 42.1 Å². The second-order valence-corrected chi connectivity index (χ2v) is 7.81. The summed E-state index contributed by atoms with van der Waals surface area (Å²) in [5.41, 5.74) is 2.12. The predicted molar refractivity (Wildman–Crippen MR) is 104 cm³/mol. The molecule has 0 radical (unpaired) electrons. The van der Waals surface area contributed by atoms with E-state index in [0.29, 0.717) is 61.0 Å². The summed E-state index contributed by atoms with van der Waals surface area (Å²) < 4.78 is 5.33. The van der Waals surface area contributed by atoms with Gasteiger partial charge in [0.2, 0.25) is 11.9 Å². The molecule has 144 valence electrons. The third-order valence-electron chi connectivity index (χ3n) is 4.89. The molecule has 2 aliphatic rings. The van der Waals surface area contributed by atoms with Gasteiger partial charge in [0.05, 0.1) is 18.9 Å². The molecule has 2 aromatic heterocycles. The molecular formula is C18H23N5O3S. The lowest BCUT2D eigenvalue weighted by Crippen LogP contribution is -2.38. The summed E-state index contributed by atoms with van der Waals surface area (Å²) in [4.78, 5) is 38.5. The Morgan fingerprint density at radius 3 is 2.85 bits per heavy atom. The SMILES string of the molecule is Cc1nc(N2CCOCC2)[nH]c(=O)c1CCC(=O)Nc1nc(C2CC2)cs1. The molecule has 0 aromatic carbocycles. The fourth-order valence-electron chi connectivity index (χ4n) is 3.15. The Labute approximate surface area is 161 Å². The van der Waals surface area contributed by atoms with Crippen molar-refractivity contribution < 1.29 is 9.53 Å². The van der Waals surface area contributed by atoms with Gasteiger partial charge in [-0.15, -0.1) is 11.3 Å². The van der Waals surface area contributed by atoms with Gasteiger partial charge in [-0.2, -0.15) is 0 Å². The summed E-state index contributed by atoms with van der Waals surface area (Å²) in [6.45, 7) is 4.49. The zero-order chi connectivity index (χ0) is 18.8. The second-order valence-electron chi connectivity index (χ2n) is 6.95. The van der Waals surface area contributed by atoms with E-state index in [1.165, 1.54) is 24.2 Å². The number of aromatic nitrogens is 3. The number of hydrogen-bond acceptors (Lipinski definition) is 7. The van der Waals surface area contributed by atoms with E-state index in [2.05, 4.69) is 20.3 Å². The van der Waals surface area contributed by atoms with Crippen molar-refractivity contribution in [3.8, 4) is 0 Å². The zero-order valence-corrected chi connectivity index (χ0v) is 16.1. The number of hydrogen-bond donors (Lipinski definition) is 2. The number of thiazole rings is 1. The highest BCUT2D eigenvalue weighted by atomic mass is 32.1. The Morgan fingerprint density at radius 2 is 2.15 bits per heavy atom. The van der Waals surface area contributed by atoms with Gasteiger partial charge in [0, 0.05) is 42.1 Å². The van der Waals surface area contributed by atoms with Crippen LogP contribution in [0, 0.1) is 6.92 Å². The number of anilines is 2. The van der Waals surface area contributed by atoms with Gasteiger partial charge in [-0.25, -0.2) is 9.97 Å². The molecular weight excluding hydrogens is 366 g/mol. The topological polar surface area (TPSA) is 100 Å². The van der Waals surface area contributed by atoms with Crippen molar-refractivity contribution in [1.29, 1.82) is 0 Å². The van der Waals surface area contributed by atoms with Gasteiger partial charge in [-0.3, -0.25) is 14.6 Å². The third kappa shape index (κ3) is 4.36. The van der Waals surface area contributed by atoms with Crippen molar-refractivity contribution in [2.45, 2.75) is 38.5 Å². The fourth-order valence-corrected chi connectivity index (χ4v) is 3.95. The largest absolute Gasteiger partial charge is 0.378 e. The van der Waals surface area contributed by atoms with Crippen LogP contribution in [0.5, 0.6) is 0 Å². The van der Waals surface area contributed by atoms with E-state index >= 15 is 0 Å². The molecule has 0 spiro atoms. The van der Waals surface area contributed by atoms with Crippen molar-refractivity contribution in [3.63, 3.8) is 0 Å². The molecule has 27 heavy (non-hydrogen) atoms. The molecule has 2 N–H and O–H groups in total. The lowest BCUT2D eigenvalue weighted by molar-refractivity contribution is -0.116. The molecule has 0 bridgehead atoms. The number of aromatic amines is 1. The monoisotopic (exact) mass is 389 g/mol. The third-order valence-corrected chi connectivity index (χ3v) is 5.66. The van der Waals surface area contributed by atoms with Gasteiger partial charge in [0.25, 0.3) is 5.56 Å².